The van der Waals surface area contributed by atoms with Gasteiger partial charge < -0.3 is 10.2 Å². The van der Waals surface area contributed by atoms with Gasteiger partial charge in [-0.15, -0.1) is 0 Å². The molecular weight excluding hydrogens is 250 g/mol. The lowest BCUT2D eigenvalue weighted by Gasteiger charge is -2.39. The molecule has 1 aromatic rings. The summed E-state index contributed by atoms with van der Waals surface area (Å²) >= 11 is 0. The van der Waals surface area contributed by atoms with Crippen LogP contribution in [0.1, 0.15) is 31.2 Å². The molecule has 1 N–H and O–H groups in total. The van der Waals surface area contributed by atoms with E-state index >= 15 is 0 Å². The van der Waals surface area contributed by atoms with Crippen molar-refractivity contribution in [3.8, 4) is 6.07 Å². The Bertz CT molecular complexity index is 584. The Kier molecular flexibility index (Phi) is 3.13. The highest BCUT2D eigenvalue weighted by Crippen LogP contribution is 2.41. The van der Waals surface area contributed by atoms with Crippen LogP contribution in [0.4, 0.5) is 11.4 Å². The first-order valence-corrected chi connectivity index (χ1v) is 7.17. The third-order valence-electron chi connectivity index (χ3n) is 4.51. The number of nitriles is 1. The van der Waals surface area contributed by atoms with Crippen molar-refractivity contribution >= 4 is 17.3 Å². The molecule has 0 bridgehead atoms. The number of aryl methyl sites for hydroxylation is 1. The van der Waals surface area contributed by atoms with E-state index in [9.17, 15) is 10.1 Å². The van der Waals surface area contributed by atoms with Crippen molar-refractivity contribution in [1.29, 1.82) is 5.26 Å². The number of anilines is 2. The minimum atomic E-state index is -0.154. The van der Waals surface area contributed by atoms with E-state index in [0.717, 1.165) is 43.6 Å². The van der Waals surface area contributed by atoms with Gasteiger partial charge in [-0.2, -0.15) is 5.26 Å². The first-order chi connectivity index (χ1) is 9.62. The molecule has 1 aromatic carbocycles. The van der Waals surface area contributed by atoms with Gasteiger partial charge in [-0.25, -0.2) is 0 Å². The van der Waals surface area contributed by atoms with Crippen LogP contribution < -0.4 is 10.2 Å². The topological polar surface area (TPSA) is 56.1 Å². The highest BCUT2D eigenvalue weighted by atomic mass is 16.1. The molecule has 2 aliphatic rings. The largest absolute Gasteiger partial charge is 0.373 e. The van der Waals surface area contributed by atoms with E-state index in [0.29, 0.717) is 6.42 Å². The first-order valence-electron chi connectivity index (χ1n) is 7.17. The Labute approximate surface area is 119 Å². The van der Waals surface area contributed by atoms with Gasteiger partial charge in [0, 0.05) is 31.4 Å². The summed E-state index contributed by atoms with van der Waals surface area (Å²) in [5.74, 6) is 0.0940. The zero-order chi connectivity index (χ0) is 14.2. The van der Waals surface area contributed by atoms with Crippen molar-refractivity contribution in [3.63, 3.8) is 0 Å². The molecule has 1 aliphatic carbocycles. The van der Waals surface area contributed by atoms with Crippen LogP contribution in [0.3, 0.4) is 0 Å². The van der Waals surface area contributed by atoms with Crippen LogP contribution in [0, 0.1) is 16.7 Å². The number of hydrogen-bond donors (Lipinski definition) is 1. The predicted octanol–water partition coefficient (Wildman–Crippen LogP) is 2.70. The molecule has 1 saturated carbocycles. The van der Waals surface area contributed by atoms with Gasteiger partial charge in [0.1, 0.15) is 0 Å². The van der Waals surface area contributed by atoms with Gasteiger partial charge in [0.2, 0.25) is 5.91 Å². The number of amides is 1. The molecule has 0 radical (unpaired) electrons. The van der Waals surface area contributed by atoms with E-state index in [1.54, 1.807) is 0 Å². The molecule has 104 valence electrons. The zero-order valence-corrected chi connectivity index (χ0v) is 11.8. The number of carbonyl (C=O) groups excluding carboxylic acids is 1. The van der Waals surface area contributed by atoms with Crippen molar-refractivity contribution < 1.29 is 4.79 Å². The molecule has 0 atom stereocenters. The Balaban J connectivity index is 1.77. The Morgan fingerprint density at radius 3 is 2.85 bits per heavy atom. The number of nitrogens with one attached hydrogen (secondary N) is 1. The van der Waals surface area contributed by atoms with Gasteiger partial charge in [-0.3, -0.25) is 4.79 Å². The smallest absolute Gasteiger partial charge is 0.224 e. The van der Waals surface area contributed by atoms with E-state index in [1.807, 2.05) is 19.2 Å². The van der Waals surface area contributed by atoms with Crippen molar-refractivity contribution in [2.75, 3.05) is 23.8 Å². The molecule has 4 nitrogen and oxygen atoms in total. The van der Waals surface area contributed by atoms with Crippen LogP contribution in [0.5, 0.6) is 0 Å². The van der Waals surface area contributed by atoms with Crippen LogP contribution in [-0.4, -0.2) is 19.5 Å². The third-order valence-corrected chi connectivity index (χ3v) is 4.51. The normalized spacial score (nSPS) is 19.3. The van der Waals surface area contributed by atoms with Crippen LogP contribution >= 0.6 is 0 Å². The fourth-order valence-corrected chi connectivity index (χ4v) is 3.06. The fraction of sp³-hybridized carbons (Fsp3) is 0.500. The second kappa shape index (κ2) is 4.82. The lowest BCUT2D eigenvalue weighted by Crippen LogP contribution is -2.39. The molecule has 0 aromatic heterocycles. The van der Waals surface area contributed by atoms with Gasteiger partial charge in [-0.05, 0) is 43.0 Å². The average Bonchev–Trinajstić information content (AvgIpc) is 2.42. The molecule has 0 saturated heterocycles. The Morgan fingerprint density at radius 1 is 1.40 bits per heavy atom. The summed E-state index contributed by atoms with van der Waals surface area (Å²) in [4.78, 5) is 13.5. The van der Waals surface area contributed by atoms with Crippen LogP contribution in [0.15, 0.2) is 18.2 Å². The maximum absolute atomic E-state index is 11.4. The number of benzene rings is 1. The number of hydrogen-bond acceptors (Lipinski definition) is 3. The number of nitrogens with zero attached hydrogens (tertiary/aromatic N) is 2. The van der Waals surface area contributed by atoms with Crippen LogP contribution in [0.2, 0.25) is 0 Å². The molecular formula is C16H19N3O. The van der Waals surface area contributed by atoms with Crippen molar-refractivity contribution in [2.24, 2.45) is 5.41 Å². The second-order valence-corrected chi connectivity index (χ2v) is 5.99. The zero-order valence-electron chi connectivity index (χ0n) is 11.8. The second-order valence-electron chi connectivity index (χ2n) is 5.99. The average molecular weight is 269 g/mol. The summed E-state index contributed by atoms with van der Waals surface area (Å²) in [6.07, 6.45) is 4.54. The summed E-state index contributed by atoms with van der Waals surface area (Å²) in [6, 6.07) is 8.61. The van der Waals surface area contributed by atoms with Gasteiger partial charge in [-0.1, -0.05) is 6.42 Å². The minimum absolute atomic E-state index is 0.0940. The quantitative estimate of drug-likeness (QED) is 0.918. The molecule has 1 heterocycles. The fourth-order valence-electron chi connectivity index (χ4n) is 3.06. The van der Waals surface area contributed by atoms with Gasteiger partial charge in [0.25, 0.3) is 0 Å². The minimum Gasteiger partial charge on any atom is -0.373 e. The Hall–Kier alpha value is -2.02. The van der Waals surface area contributed by atoms with Crippen LogP contribution in [-0.2, 0) is 11.2 Å². The number of fused-ring (bicyclic) bond motifs is 1. The summed E-state index contributed by atoms with van der Waals surface area (Å²) in [5, 5.41) is 12.2. The summed E-state index contributed by atoms with van der Waals surface area (Å²) in [5.41, 5.74) is 3.09. The SMILES string of the molecule is CN(CC1(C#N)CCC1)c1ccc2c(c1)CCC(=O)N2. The molecule has 1 amide bonds. The standard InChI is InChI=1S/C16H19N3O/c1-19(11-16(10-17)7-2-8-16)13-4-5-14-12(9-13)3-6-15(20)18-14/h4-5,9H,2-3,6-8,11H2,1H3,(H,18,20). The third kappa shape index (κ3) is 2.24. The summed E-state index contributed by atoms with van der Waals surface area (Å²) in [6.45, 7) is 0.786. The molecule has 1 aliphatic heterocycles. The Morgan fingerprint density at radius 2 is 2.20 bits per heavy atom. The van der Waals surface area contributed by atoms with Crippen LogP contribution in [0.25, 0.3) is 0 Å². The molecule has 0 unspecified atom stereocenters. The number of rotatable bonds is 3. The lowest BCUT2D eigenvalue weighted by molar-refractivity contribution is -0.116. The molecule has 1 fully saturated rings. The predicted molar refractivity (Wildman–Crippen MR) is 78.6 cm³/mol. The van der Waals surface area contributed by atoms with Gasteiger partial charge >= 0.3 is 0 Å². The van der Waals surface area contributed by atoms with Crippen molar-refractivity contribution in [1.82, 2.24) is 0 Å². The summed E-state index contributed by atoms with van der Waals surface area (Å²) in [7, 11) is 2.04. The lowest BCUT2D eigenvalue weighted by atomic mass is 9.69. The molecule has 3 rings (SSSR count). The van der Waals surface area contributed by atoms with Crippen molar-refractivity contribution in [2.45, 2.75) is 32.1 Å². The van der Waals surface area contributed by atoms with E-state index in [-0.39, 0.29) is 11.3 Å². The monoisotopic (exact) mass is 269 g/mol. The van der Waals surface area contributed by atoms with E-state index < -0.39 is 0 Å². The maximum atomic E-state index is 11.4. The summed E-state index contributed by atoms with van der Waals surface area (Å²) < 4.78 is 0. The molecule has 20 heavy (non-hydrogen) atoms. The first kappa shape index (κ1) is 13.0. The maximum Gasteiger partial charge on any atom is 0.224 e. The molecule has 4 heteroatoms. The van der Waals surface area contributed by atoms with Crippen molar-refractivity contribution in [3.05, 3.63) is 23.8 Å². The van der Waals surface area contributed by atoms with E-state index in [1.165, 1.54) is 5.56 Å². The van der Waals surface area contributed by atoms with Gasteiger partial charge in [0.15, 0.2) is 0 Å². The highest BCUT2D eigenvalue weighted by Gasteiger charge is 2.38. The highest BCUT2D eigenvalue weighted by molar-refractivity contribution is 5.94. The van der Waals surface area contributed by atoms with E-state index in [4.69, 9.17) is 0 Å². The molecule has 0 spiro atoms. The number of carbonyl (C=O) groups is 1. The van der Waals surface area contributed by atoms with E-state index in [2.05, 4.69) is 22.4 Å². The van der Waals surface area contributed by atoms with Gasteiger partial charge in [0.05, 0.1) is 11.5 Å².